The summed E-state index contributed by atoms with van der Waals surface area (Å²) in [6.45, 7) is 0.951. The maximum atomic E-state index is 13.4. The molecule has 0 saturated heterocycles. The van der Waals surface area contributed by atoms with Crippen molar-refractivity contribution in [1.29, 1.82) is 0 Å². The van der Waals surface area contributed by atoms with Gasteiger partial charge in [-0.1, -0.05) is 72.8 Å². The molecule has 1 aliphatic rings. The van der Waals surface area contributed by atoms with E-state index in [0.717, 1.165) is 27.3 Å². The second kappa shape index (κ2) is 9.46. The van der Waals surface area contributed by atoms with Crippen LogP contribution < -0.4 is 4.74 Å². The van der Waals surface area contributed by atoms with Crippen LogP contribution in [0.5, 0.6) is 5.75 Å². The number of benzene rings is 3. The summed E-state index contributed by atoms with van der Waals surface area (Å²) >= 11 is 0.499. The van der Waals surface area contributed by atoms with Crippen LogP contribution in [0.15, 0.2) is 91.0 Å². The highest BCUT2D eigenvalue weighted by Gasteiger charge is 2.45. The maximum Gasteiger partial charge on any atom is 0.544 e. The fraction of sp³-hybridized carbons (Fsp3) is 0.200. The Kier molecular flexibility index (Phi) is 6.68. The zero-order valence-corrected chi connectivity index (χ0v) is 19.4. The van der Waals surface area contributed by atoms with Gasteiger partial charge in [0.05, 0.1) is 18.8 Å². The quantitative estimate of drug-likeness (QED) is 0.226. The minimum absolute atomic E-state index is 0.318. The summed E-state index contributed by atoms with van der Waals surface area (Å²) in [5.41, 5.74) is 2.02. The van der Waals surface area contributed by atoms with Crippen molar-refractivity contribution in [2.24, 2.45) is 0 Å². The molecular formula is C25H26O4PS+. The Morgan fingerprint density at radius 1 is 0.806 bits per heavy atom. The molecule has 6 heteroatoms. The van der Waals surface area contributed by atoms with Gasteiger partial charge in [0.15, 0.2) is 10.5 Å². The van der Waals surface area contributed by atoms with Gasteiger partial charge in [-0.25, -0.2) is 4.57 Å². The lowest BCUT2D eigenvalue weighted by Crippen LogP contribution is -2.35. The van der Waals surface area contributed by atoms with Crippen LogP contribution in [-0.4, -0.2) is 13.2 Å². The van der Waals surface area contributed by atoms with Gasteiger partial charge in [-0.05, 0) is 26.0 Å². The molecule has 0 aromatic heterocycles. The lowest BCUT2D eigenvalue weighted by atomic mass is 9.83. The van der Waals surface area contributed by atoms with Crippen molar-refractivity contribution in [2.75, 3.05) is 13.2 Å². The average Bonchev–Trinajstić information content (AvgIpc) is 2.80. The Balaban J connectivity index is 1.92. The number of fused-ring (bicyclic) bond motifs is 1. The smallest absolute Gasteiger partial charge is 0.473 e. The van der Waals surface area contributed by atoms with E-state index in [0.29, 0.717) is 24.6 Å². The van der Waals surface area contributed by atoms with Crippen LogP contribution in [0.3, 0.4) is 0 Å². The molecule has 0 unspecified atom stereocenters. The summed E-state index contributed by atoms with van der Waals surface area (Å²) in [7, 11) is 0. The first kappa shape index (κ1) is 21.9. The minimum atomic E-state index is -3.33. The van der Waals surface area contributed by atoms with E-state index in [9.17, 15) is 4.57 Å². The van der Waals surface area contributed by atoms with E-state index < -0.39 is 12.4 Å². The molecule has 0 spiro atoms. The van der Waals surface area contributed by atoms with Gasteiger partial charge in [0.2, 0.25) is 0 Å². The lowest BCUT2D eigenvalue weighted by molar-refractivity contribution is 0.160. The Bertz CT molecular complexity index is 1050. The summed E-state index contributed by atoms with van der Waals surface area (Å²) in [5.74, 6) is 0.736. The van der Waals surface area contributed by atoms with Gasteiger partial charge in [-0.15, -0.1) is 0 Å². The summed E-state index contributed by atoms with van der Waals surface area (Å²) in [6.07, 6.45) is 2.06. The number of rotatable bonds is 8. The van der Waals surface area contributed by atoms with Gasteiger partial charge >= 0.3 is 6.80 Å². The summed E-state index contributed by atoms with van der Waals surface area (Å²) in [4.78, 5) is 0.861. The third kappa shape index (κ3) is 4.51. The summed E-state index contributed by atoms with van der Waals surface area (Å²) < 4.78 is 31.4. The van der Waals surface area contributed by atoms with Gasteiger partial charge in [0.1, 0.15) is 17.1 Å². The van der Waals surface area contributed by atoms with Crippen LogP contribution in [0, 0.1) is 0 Å². The molecule has 0 amide bonds. The van der Waals surface area contributed by atoms with Gasteiger partial charge in [0.25, 0.3) is 0 Å². The molecule has 1 heterocycles. The van der Waals surface area contributed by atoms with Gasteiger partial charge in [-0.2, -0.15) is 0 Å². The molecule has 31 heavy (non-hydrogen) atoms. The summed E-state index contributed by atoms with van der Waals surface area (Å²) in [6, 6.07) is 28.0. The van der Waals surface area contributed by atoms with Crippen LogP contribution in [0.4, 0.5) is 0 Å². The molecule has 160 valence electrons. The van der Waals surface area contributed by atoms with E-state index in [4.69, 9.17) is 13.8 Å². The number of thiol groups is 1. The number of hydrogen-bond acceptors (Lipinski definition) is 4. The van der Waals surface area contributed by atoms with E-state index >= 15 is 0 Å². The van der Waals surface area contributed by atoms with Crippen LogP contribution in [0.25, 0.3) is 4.91 Å². The number of para-hydroxylation sites is 1. The molecular weight excluding hydrogens is 427 g/mol. The first-order valence-corrected chi connectivity index (χ1v) is 13.5. The minimum Gasteiger partial charge on any atom is -0.473 e. The largest absolute Gasteiger partial charge is 0.544 e. The average molecular weight is 454 g/mol. The monoisotopic (exact) mass is 453 g/mol. The van der Waals surface area contributed by atoms with Crippen LogP contribution in [0.2, 0.25) is 0 Å². The second-order valence-electron chi connectivity index (χ2n) is 7.00. The number of hydrogen-bond donors (Lipinski definition) is 0. The first-order chi connectivity index (χ1) is 15.1. The van der Waals surface area contributed by atoms with Crippen molar-refractivity contribution in [3.63, 3.8) is 0 Å². The standard InChI is InChI=1S/C25H25O4PS/c1-3-27-30(26,28-4-2)31-24-19-25(20-13-7-5-8-14-20,21-15-9-6-10-16-21)29-23-18-12-11-17-22(23)24/h5-19H,3-4H2,1-2H3/p+1. The second-order valence-corrected chi connectivity index (χ2v) is 11.2. The van der Waals surface area contributed by atoms with Crippen LogP contribution in [-0.2, 0) is 30.6 Å². The molecule has 0 radical (unpaired) electrons. The van der Waals surface area contributed by atoms with E-state index in [2.05, 4.69) is 30.3 Å². The zero-order chi connectivity index (χ0) is 21.7. The fourth-order valence-corrected chi connectivity index (χ4v) is 7.66. The molecule has 0 bridgehead atoms. The molecule has 3 aromatic rings. The Hall–Kier alpha value is -2.30. The molecule has 0 saturated carbocycles. The molecule has 0 N–H and O–H groups in total. The predicted molar refractivity (Wildman–Crippen MR) is 128 cm³/mol. The highest BCUT2D eigenvalue weighted by molar-refractivity contribution is 8.46. The normalized spacial score (nSPS) is 15.0. The number of ether oxygens (including phenoxy) is 1. The zero-order valence-electron chi connectivity index (χ0n) is 17.6. The van der Waals surface area contributed by atoms with E-state index in [1.165, 1.54) is 0 Å². The van der Waals surface area contributed by atoms with Crippen molar-refractivity contribution < 1.29 is 18.3 Å². The molecule has 1 aliphatic heterocycles. The summed E-state index contributed by atoms with van der Waals surface area (Å²) in [5, 5.41) is 0. The predicted octanol–water partition coefficient (Wildman–Crippen LogP) is 6.36. The third-order valence-corrected chi connectivity index (χ3v) is 9.07. The van der Waals surface area contributed by atoms with E-state index in [1.54, 1.807) is 0 Å². The van der Waals surface area contributed by atoms with Crippen molar-refractivity contribution in [3.05, 3.63) is 108 Å². The Morgan fingerprint density at radius 2 is 1.32 bits per heavy atom. The fourth-order valence-electron chi connectivity index (χ4n) is 3.70. The van der Waals surface area contributed by atoms with E-state index in [-0.39, 0.29) is 0 Å². The van der Waals surface area contributed by atoms with Gasteiger partial charge < -0.3 is 4.74 Å². The maximum absolute atomic E-state index is 13.4. The van der Waals surface area contributed by atoms with Crippen LogP contribution in [0.1, 0.15) is 30.5 Å². The van der Waals surface area contributed by atoms with Crippen LogP contribution >= 0.6 is 6.80 Å². The molecule has 4 nitrogen and oxygen atoms in total. The van der Waals surface area contributed by atoms with Crippen molar-refractivity contribution in [3.8, 4) is 5.75 Å². The molecule has 0 atom stereocenters. The lowest BCUT2D eigenvalue weighted by Gasteiger charge is -2.36. The van der Waals surface area contributed by atoms with Crippen molar-refractivity contribution >= 4 is 23.1 Å². The van der Waals surface area contributed by atoms with Gasteiger partial charge in [0, 0.05) is 17.2 Å². The Labute approximate surface area is 187 Å². The Morgan fingerprint density at radius 3 is 1.87 bits per heavy atom. The molecule has 0 aliphatic carbocycles. The van der Waals surface area contributed by atoms with Crippen molar-refractivity contribution in [1.82, 2.24) is 0 Å². The van der Waals surface area contributed by atoms with E-state index in [1.807, 2.05) is 74.5 Å². The van der Waals surface area contributed by atoms with Crippen molar-refractivity contribution in [2.45, 2.75) is 19.4 Å². The third-order valence-electron chi connectivity index (χ3n) is 4.99. The highest BCUT2D eigenvalue weighted by Crippen LogP contribution is 2.56. The highest BCUT2D eigenvalue weighted by atomic mass is 32.7. The first-order valence-electron chi connectivity index (χ1n) is 10.3. The molecule has 0 fully saturated rings. The molecule has 3 aromatic carbocycles. The van der Waals surface area contributed by atoms with Gasteiger partial charge in [-0.3, -0.25) is 9.05 Å². The molecule has 4 rings (SSSR count). The topological polar surface area (TPSA) is 44.8 Å². The SMILES string of the molecule is CCOP(=O)(OCC)[SH+]C1=CC(c2ccccc2)(c2ccccc2)Oc2ccccc21.